The van der Waals surface area contributed by atoms with Crippen molar-refractivity contribution < 1.29 is 13.5 Å². The summed E-state index contributed by atoms with van der Waals surface area (Å²) in [7, 11) is -3.80. The van der Waals surface area contributed by atoms with Gasteiger partial charge in [0, 0.05) is 12.7 Å². The number of aliphatic hydroxyl groups excluding tert-OH is 1. The highest BCUT2D eigenvalue weighted by molar-refractivity contribution is 7.89. The zero-order valence-corrected chi connectivity index (χ0v) is 13.0. The number of nitrogens with zero attached hydrogens (tertiary/aromatic N) is 3. The van der Waals surface area contributed by atoms with E-state index < -0.39 is 16.1 Å². The third-order valence-electron chi connectivity index (χ3n) is 4.02. The number of pyridine rings is 1. The lowest BCUT2D eigenvalue weighted by atomic mass is 10.0. The summed E-state index contributed by atoms with van der Waals surface area (Å²) < 4.78 is 28.6. The van der Waals surface area contributed by atoms with Gasteiger partial charge in [0.25, 0.3) is 10.0 Å². The SMILES string of the molecule is CC1CCN(S(=O)(=O)c2c(Cl)nc3ccccn23)C1CO. The fourth-order valence-electron chi connectivity index (χ4n) is 2.83. The molecule has 1 N–H and O–H groups in total. The van der Waals surface area contributed by atoms with Crippen molar-refractivity contribution in [3.8, 4) is 0 Å². The standard InChI is InChI=1S/C13H16ClN3O3S/c1-9-5-7-17(10(9)8-18)21(19,20)13-12(14)15-11-4-2-3-6-16(11)13/h2-4,6,9-10,18H,5,7-8H2,1H3. The van der Waals surface area contributed by atoms with E-state index in [-0.39, 0.29) is 22.7 Å². The molecule has 114 valence electrons. The molecule has 2 aromatic heterocycles. The van der Waals surface area contributed by atoms with Gasteiger partial charge in [0.1, 0.15) is 5.65 Å². The van der Waals surface area contributed by atoms with Crippen LogP contribution in [0.5, 0.6) is 0 Å². The number of hydrogen-bond donors (Lipinski definition) is 1. The molecule has 21 heavy (non-hydrogen) atoms. The fourth-order valence-corrected chi connectivity index (χ4v) is 5.16. The normalized spacial score (nSPS) is 24.0. The largest absolute Gasteiger partial charge is 0.395 e. The van der Waals surface area contributed by atoms with E-state index in [2.05, 4.69) is 4.98 Å². The molecule has 1 saturated heterocycles. The van der Waals surface area contributed by atoms with Gasteiger partial charge < -0.3 is 5.11 Å². The van der Waals surface area contributed by atoms with Crippen LogP contribution in [0.3, 0.4) is 0 Å². The van der Waals surface area contributed by atoms with Gasteiger partial charge >= 0.3 is 0 Å². The second kappa shape index (κ2) is 5.24. The number of rotatable bonds is 3. The summed E-state index contributed by atoms with van der Waals surface area (Å²) in [6.07, 6.45) is 2.34. The van der Waals surface area contributed by atoms with Gasteiger partial charge in [0.2, 0.25) is 0 Å². The van der Waals surface area contributed by atoms with Crippen molar-refractivity contribution in [3.63, 3.8) is 0 Å². The van der Waals surface area contributed by atoms with Gasteiger partial charge in [-0.1, -0.05) is 24.6 Å². The Kier molecular flexibility index (Phi) is 3.69. The number of hydrogen-bond acceptors (Lipinski definition) is 4. The minimum Gasteiger partial charge on any atom is -0.395 e. The van der Waals surface area contributed by atoms with Crippen LogP contribution in [-0.2, 0) is 10.0 Å². The van der Waals surface area contributed by atoms with E-state index in [0.29, 0.717) is 12.2 Å². The smallest absolute Gasteiger partial charge is 0.262 e. The van der Waals surface area contributed by atoms with Crippen LogP contribution in [0.4, 0.5) is 0 Å². The maximum Gasteiger partial charge on any atom is 0.262 e. The maximum atomic E-state index is 12.9. The monoisotopic (exact) mass is 329 g/mol. The second-order valence-corrected chi connectivity index (χ2v) is 7.43. The Labute approximate surface area is 128 Å². The van der Waals surface area contributed by atoms with Crippen molar-refractivity contribution in [2.45, 2.75) is 24.4 Å². The molecule has 3 rings (SSSR count). The van der Waals surface area contributed by atoms with E-state index in [4.69, 9.17) is 11.6 Å². The van der Waals surface area contributed by atoms with Crippen LogP contribution < -0.4 is 0 Å². The molecule has 0 amide bonds. The summed E-state index contributed by atoms with van der Waals surface area (Å²) in [6.45, 7) is 2.12. The van der Waals surface area contributed by atoms with Gasteiger partial charge in [-0.25, -0.2) is 13.4 Å². The molecular weight excluding hydrogens is 314 g/mol. The number of halogens is 1. The molecule has 8 heteroatoms. The van der Waals surface area contributed by atoms with Crippen LogP contribution in [-0.4, -0.2) is 46.4 Å². The molecule has 2 atom stereocenters. The lowest BCUT2D eigenvalue weighted by molar-refractivity contribution is 0.191. The van der Waals surface area contributed by atoms with Crippen molar-refractivity contribution in [2.75, 3.05) is 13.2 Å². The molecule has 6 nitrogen and oxygen atoms in total. The summed E-state index contributed by atoms with van der Waals surface area (Å²) in [5.41, 5.74) is 0.480. The molecule has 3 heterocycles. The number of aliphatic hydroxyl groups is 1. The number of aromatic nitrogens is 2. The topological polar surface area (TPSA) is 74.9 Å². The molecule has 1 aliphatic heterocycles. The Hall–Kier alpha value is -1.15. The highest BCUT2D eigenvalue weighted by atomic mass is 35.5. The van der Waals surface area contributed by atoms with Gasteiger partial charge in [-0.05, 0) is 24.5 Å². The van der Waals surface area contributed by atoms with E-state index >= 15 is 0 Å². The summed E-state index contributed by atoms with van der Waals surface area (Å²) >= 11 is 6.06. The number of sulfonamides is 1. The van der Waals surface area contributed by atoms with Crippen LogP contribution in [0.15, 0.2) is 29.4 Å². The first-order valence-electron chi connectivity index (χ1n) is 6.72. The average Bonchev–Trinajstić information content (AvgIpc) is 2.98. The third-order valence-corrected chi connectivity index (χ3v) is 6.34. The summed E-state index contributed by atoms with van der Waals surface area (Å²) in [5, 5.41) is 9.41. The molecule has 0 radical (unpaired) electrons. The van der Waals surface area contributed by atoms with Crippen molar-refractivity contribution in [2.24, 2.45) is 5.92 Å². The zero-order chi connectivity index (χ0) is 15.2. The number of imidazole rings is 1. The molecule has 0 spiro atoms. The first-order valence-corrected chi connectivity index (χ1v) is 8.54. The number of fused-ring (bicyclic) bond motifs is 1. The van der Waals surface area contributed by atoms with Gasteiger partial charge in [-0.3, -0.25) is 4.40 Å². The predicted molar refractivity (Wildman–Crippen MR) is 78.7 cm³/mol. The van der Waals surface area contributed by atoms with Crippen LogP contribution in [0.25, 0.3) is 5.65 Å². The highest BCUT2D eigenvalue weighted by Crippen LogP contribution is 2.32. The first-order chi connectivity index (χ1) is 9.96. The lowest BCUT2D eigenvalue weighted by Crippen LogP contribution is -2.40. The molecule has 0 aromatic carbocycles. The quantitative estimate of drug-likeness (QED) is 0.923. The fraction of sp³-hybridized carbons (Fsp3) is 0.462. The minimum absolute atomic E-state index is 0.0349. The predicted octanol–water partition coefficient (Wildman–Crippen LogP) is 1.38. The molecule has 2 aromatic rings. The van der Waals surface area contributed by atoms with E-state index in [1.54, 1.807) is 24.4 Å². The molecule has 1 aliphatic rings. The van der Waals surface area contributed by atoms with Crippen LogP contribution >= 0.6 is 11.6 Å². The van der Waals surface area contributed by atoms with Gasteiger partial charge in [-0.15, -0.1) is 0 Å². The molecule has 0 aliphatic carbocycles. The average molecular weight is 330 g/mol. The van der Waals surface area contributed by atoms with Crippen molar-refractivity contribution in [1.82, 2.24) is 13.7 Å². The van der Waals surface area contributed by atoms with Crippen molar-refractivity contribution in [3.05, 3.63) is 29.5 Å². The van der Waals surface area contributed by atoms with E-state index in [1.807, 2.05) is 6.92 Å². The Morgan fingerprint density at radius 2 is 2.24 bits per heavy atom. The summed E-state index contributed by atoms with van der Waals surface area (Å²) in [6, 6.07) is 4.77. The van der Waals surface area contributed by atoms with Crippen molar-refractivity contribution in [1.29, 1.82) is 0 Å². The van der Waals surface area contributed by atoms with Gasteiger partial charge in [0.05, 0.1) is 12.6 Å². The van der Waals surface area contributed by atoms with E-state index in [1.165, 1.54) is 8.71 Å². The van der Waals surface area contributed by atoms with Crippen LogP contribution in [0.1, 0.15) is 13.3 Å². The van der Waals surface area contributed by atoms with E-state index in [0.717, 1.165) is 6.42 Å². The van der Waals surface area contributed by atoms with Gasteiger partial charge in [0.15, 0.2) is 10.2 Å². The second-order valence-electron chi connectivity index (χ2n) is 5.27. The molecule has 1 fully saturated rings. The summed E-state index contributed by atoms with van der Waals surface area (Å²) in [4.78, 5) is 4.08. The zero-order valence-electron chi connectivity index (χ0n) is 11.5. The molecule has 2 unspecified atom stereocenters. The first kappa shape index (κ1) is 14.8. The lowest BCUT2D eigenvalue weighted by Gasteiger charge is -2.24. The Morgan fingerprint density at radius 3 is 2.95 bits per heavy atom. The van der Waals surface area contributed by atoms with E-state index in [9.17, 15) is 13.5 Å². The van der Waals surface area contributed by atoms with Gasteiger partial charge in [-0.2, -0.15) is 4.31 Å². The molecular formula is C13H16ClN3O3S. The Balaban J connectivity index is 2.15. The van der Waals surface area contributed by atoms with Crippen molar-refractivity contribution >= 4 is 27.3 Å². The summed E-state index contributed by atoms with van der Waals surface area (Å²) in [5.74, 6) is 0.114. The molecule has 0 saturated carbocycles. The Morgan fingerprint density at radius 1 is 1.48 bits per heavy atom. The third kappa shape index (κ3) is 2.24. The Bertz CT molecular complexity index is 774. The van der Waals surface area contributed by atoms with Crippen LogP contribution in [0, 0.1) is 5.92 Å². The molecule has 0 bridgehead atoms. The highest BCUT2D eigenvalue weighted by Gasteiger charge is 2.41. The minimum atomic E-state index is -3.80. The van der Waals surface area contributed by atoms with Crippen LogP contribution in [0.2, 0.25) is 5.15 Å². The maximum absolute atomic E-state index is 12.9.